The summed E-state index contributed by atoms with van der Waals surface area (Å²) in [5.41, 5.74) is -0.0392. The van der Waals surface area contributed by atoms with Crippen LogP contribution < -0.4 is 0 Å². The van der Waals surface area contributed by atoms with Crippen LogP contribution in [0, 0.1) is 23.2 Å². The largest absolute Gasteiger partial charge is 0.478 e. The summed E-state index contributed by atoms with van der Waals surface area (Å²) in [6, 6.07) is 0. The molecule has 2 fully saturated rings. The van der Waals surface area contributed by atoms with Crippen molar-refractivity contribution < 1.29 is 14.7 Å². The van der Waals surface area contributed by atoms with E-state index in [0.29, 0.717) is 30.5 Å². The topological polar surface area (TPSA) is 54.4 Å². The van der Waals surface area contributed by atoms with Gasteiger partial charge in [0.1, 0.15) is 5.78 Å². The molecule has 2 saturated carbocycles. The predicted molar refractivity (Wildman–Crippen MR) is 69.1 cm³/mol. The van der Waals surface area contributed by atoms with E-state index in [2.05, 4.69) is 13.5 Å². The number of carbonyl (C=O) groups excluding carboxylic acids is 1. The van der Waals surface area contributed by atoms with Crippen LogP contribution in [-0.4, -0.2) is 16.9 Å². The zero-order valence-electron chi connectivity index (χ0n) is 11.2. The molecule has 1 N–H and O–H groups in total. The highest BCUT2D eigenvalue weighted by Gasteiger charge is 2.50. The summed E-state index contributed by atoms with van der Waals surface area (Å²) < 4.78 is 0. The fourth-order valence-corrected chi connectivity index (χ4v) is 4.03. The highest BCUT2D eigenvalue weighted by atomic mass is 16.4. The van der Waals surface area contributed by atoms with E-state index in [1.165, 1.54) is 0 Å². The van der Waals surface area contributed by atoms with Crippen molar-refractivity contribution in [3.05, 3.63) is 12.2 Å². The summed E-state index contributed by atoms with van der Waals surface area (Å²) in [6.45, 7) is 7.94. The number of carbonyl (C=O) groups is 2. The second-order valence-corrected chi connectivity index (χ2v) is 6.27. The van der Waals surface area contributed by atoms with Crippen LogP contribution in [0.15, 0.2) is 12.2 Å². The first-order chi connectivity index (χ1) is 8.36. The monoisotopic (exact) mass is 250 g/mol. The first-order valence-electron chi connectivity index (χ1n) is 6.81. The Hall–Kier alpha value is -1.12. The third-order valence-electron chi connectivity index (χ3n) is 5.23. The van der Waals surface area contributed by atoms with E-state index in [-0.39, 0.29) is 16.9 Å². The summed E-state index contributed by atoms with van der Waals surface area (Å²) in [4.78, 5) is 23.3. The Bertz CT molecular complexity index is 399. The average molecular weight is 250 g/mol. The average Bonchev–Trinajstić information content (AvgIpc) is 2.52. The number of hydrogen-bond donors (Lipinski definition) is 1. The van der Waals surface area contributed by atoms with Gasteiger partial charge in [-0.1, -0.05) is 20.4 Å². The van der Waals surface area contributed by atoms with Gasteiger partial charge in [-0.2, -0.15) is 0 Å². The molecule has 0 aromatic heterocycles. The summed E-state index contributed by atoms with van der Waals surface area (Å²) >= 11 is 0. The Balaban J connectivity index is 2.28. The molecule has 3 heteroatoms. The van der Waals surface area contributed by atoms with E-state index in [9.17, 15) is 9.59 Å². The van der Waals surface area contributed by atoms with Crippen molar-refractivity contribution in [1.29, 1.82) is 0 Å². The standard InChI is InChI=1S/C15H22O3/c1-9-4-5-11(10(2)14(17)18)8-15(3)12(9)6-7-13(15)16/h9,11-12H,2,4-8H2,1,3H3,(H,17,18)/t9-,11-,12+,15+/m1/s1. The molecule has 2 rings (SSSR count). The van der Waals surface area contributed by atoms with Crippen molar-refractivity contribution >= 4 is 11.8 Å². The van der Waals surface area contributed by atoms with Crippen LogP contribution in [0.5, 0.6) is 0 Å². The van der Waals surface area contributed by atoms with Crippen LogP contribution in [0.3, 0.4) is 0 Å². The molecule has 4 atom stereocenters. The molecule has 0 saturated heterocycles. The van der Waals surface area contributed by atoms with Gasteiger partial charge in [0.15, 0.2) is 0 Å². The molecular weight excluding hydrogens is 228 g/mol. The molecule has 2 aliphatic rings. The Labute approximate surface area is 108 Å². The van der Waals surface area contributed by atoms with Gasteiger partial charge in [-0.15, -0.1) is 0 Å². The molecule has 0 unspecified atom stereocenters. The van der Waals surface area contributed by atoms with Crippen LogP contribution in [0.4, 0.5) is 0 Å². The fraction of sp³-hybridized carbons (Fsp3) is 0.733. The van der Waals surface area contributed by atoms with Crippen LogP contribution in [-0.2, 0) is 9.59 Å². The molecule has 0 bridgehead atoms. The Morgan fingerprint density at radius 1 is 1.39 bits per heavy atom. The summed E-state index contributed by atoms with van der Waals surface area (Å²) in [5.74, 6) is 0.302. The van der Waals surface area contributed by atoms with Crippen LogP contribution in [0.2, 0.25) is 0 Å². The number of carboxylic acids is 1. The molecular formula is C15H22O3. The SMILES string of the molecule is C=C(C(=O)O)[C@@H]1CC[C@@H](C)[C@@H]2CCC(=O)[C@@]2(C)C1. The Kier molecular flexibility index (Phi) is 3.35. The first-order valence-corrected chi connectivity index (χ1v) is 6.81. The van der Waals surface area contributed by atoms with Gasteiger partial charge < -0.3 is 5.11 Å². The molecule has 18 heavy (non-hydrogen) atoms. The van der Waals surface area contributed by atoms with Gasteiger partial charge in [0.05, 0.1) is 0 Å². The summed E-state index contributed by atoms with van der Waals surface area (Å²) in [5, 5.41) is 9.10. The fourth-order valence-electron chi connectivity index (χ4n) is 4.03. The maximum Gasteiger partial charge on any atom is 0.331 e. The van der Waals surface area contributed by atoms with Crippen molar-refractivity contribution in [2.45, 2.75) is 46.0 Å². The molecule has 0 aliphatic heterocycles. The molecule has 0 heterocycles. The van der Waals surface area contributed by atoms with Crippen molar-refractivity contribution in [2.75, 3.05) is 0 Å². The number of ketones is 1. The minimum atomic E-state index is -0.917. The van der Waals surface area contributed by atoms with Gasteiger partial charge in [-0.25, -0.2) is 4.79 Å². The molecule has 0 radical (unpaired) electrons. The molecule has 2 aliphatic carbocycles. The van der Waals surface area contributed by atoms with Gasteiger partial charge in [-0.05, 0) is 43.4 Å². The van der Waals surface area contributed by atoms with Gasteiger partial charge >= 0.3 is 5.97 Å². The van der Waals surface area contributed by atoms with E-state index in [0.717, 1.165) is 19.3 Å². The third-order valence-corrected chi connectivity index (χ3v) is 5.23. The maximum atomic E-state index is 12.2. The lowest BCUT2D eigenvalue weighted by Gasteiger charge is -2.33. The molecule has 3 nitrogen and oxygen atoms in total. The lowest BCUT2D eigenvalue weighted by Crippen LogP contribution is -2.33. The normalized spacial score (nSPS) is 40.1. The number of carboxylic acid groups (broad SMARTS) is 1. The van der Waals surface area contributed by atoms with E-state index < -0.39 is 5.97 Å². The molecule has 0 aromatic carbocycles. The van der Waals surface area contributed by atoms with Crippen LogP contribution >= 0.6 is 0 Å². The van der Waals surface area contributed by atoms with E-state index in [1.807, 2.05) is 6.92 Å². The van der Waals surface area contributed by atoms with E-state index >= 15 is 0 Å². The molecule has 0 spiro atoms. The zero-order chi connectivity index (χ0) is 13.5. The van der Waals surface area contributed by atoms with Gasteiger partial charge in [0, 0.05) is 17.4 Å². The van der Waals surface area contributed by atoms with Crippen molar-refractivity contribution in [3.63, 3.8) is 0 Å². The van der Waals surface area contributed by atoms with Gasteiger partial charge in [0.25, 0.3) is 0 Å². The smallest absolute Gasteiger partial charge is 0.331 e. The highest BCUT2D eigenvalue weighted by Crippen LogP contribution is 2.53. The van der Waals surface area contributed by atoms with E-state index in [4.69, 9.17) is 5.11 Å². The molecule has 0 aromatic rings. The maximum absolute atomic E-state index is 12.2. The van der Waals surface area contributed by atoms with Gasteiger partial charge in [-0.3, -0.25) is 4.79 Å². The second-order valence-electron chi connectivity index (χ2n) is 6.27. The quantitative estimate of drug-likeness (QED) is 0.766. The van der Waals surface area contributed by atoms with Gasteiger partial charge in [0.2, 0.25) is 0 Å². The molecule has 100 valence electrons. The second kappa shape index (κ2) is 4.52. The number of Topliss-reactive ketones (excluding diaryl/α,β-unsaturated/α-hetero) is 1. The lowest BCUT2D eigenvalue weighted by atomic mass is 9.70. The minimum absolute atomic E-state index is 0.0398. The first kappa shape index (κ1) is 13.3. The number of fused-ring (bicyclic) bond motifs is 1. The number of hydrogen-bond acceptors (Lipinski definition) is 2. The molecule has 0 amide bonds. The minimum Gasteiger partial charge on any atom is -0.478 e. The zero-order valence-corrected chi connectivity index (χ0v) is 11.2. The predicted octanol–water partition coefficient (Wildman–Crippen LogP) is 3.05. The van der Waals surface area contributed by atoms with Crippen molar-refractivity contribution in [2.24, 2.45) is 23.2 Å². The van der Waals surface area contributed by atoms with Crippen LogP contribution in [0.1, 0.15) is 46.0 Å². The van der Waals surface area contributed by atoms with E-state index in [1.54, 1.807) is 0 Å². The Morgan fingerprint density at radius 2 is 2.06 bits per heavy atom. The third kappa shape index (κ3) is 2.00. The van der Waals surface area contributed by atoms with Crippen molar-refractivity contribution in [3.8, 4) is 0 Å². The number of rotatable bonds is 2. The highest BCUT2D eigenvalue weighted by molar-refractivity contribution is 5.88. The Morgan fingerprint density at radius 3 is 2.67 bits per heavy atom. The van der Waals surface area contributed by atoms with Crippen LogP contribution in [0.25, 0.3) is 0 Å². The number of aliphatic carboxylic acids is 1. The summed E-state index contributed by atoms with van der Waals surface area (Å²) in [7, 11) is 0. The lowest BCUT2D eigenvalue weighted by molar-refractivity contribution is -0.134. The van der Waals surface area contributed by atoms with Crippen molar-refractivity contribution in [1.82, 2.24) is 0 Å². The summed E-state index contributed by atoms with van der Waals surface area (Å²) in [6.07, 6.45) is 4.17.